The van der Waals surface area contributed by atoms with Crippen LogP contribution in [0.15, 0.2) is 11.6 Å². The van der Waals surface area contributed by atoms with Gasteiger partial charge in [-0.15, -0.1) is 0 Å². The largest absolute Gasteiger partial charge is 0.309 e. The SMILES string of the molecule is CC1=C[C@H](C)[C@@H]2C(=O)N(CCCN(C)C)C(=O)[C@@H]2C1. The van der Waals surface area contributed by atoms with E-state index in [-0.39, 0.29) is 29.6 Å². The van der Waals surface area contributed by atoms with E-state index in [9.17, 15) is 9.59 Å². The number of likely N-dealkylation sites (tertiary alicyclic amines) is 1. The Kier molecular flexibility index (Phi) is 4.09. The van der Waals surface area contributed by atoms with Gasteiger partial charge in [-0.2, -0.15) is 0 Å². The van der Waals surface area contributed by atoms with E-state index >= 15 is 0 Å². The van der Waals surface area contributed by atoms with Crippen LogP contribution in [0.5, 0.6) is 0 Å². The van der Waals surface area contributed by atoms with Crippen molar-refractivity contribution in [1.82, 2.24) is 9.80 Å². The molecule has 4 nitrogen and oxygen atoms in total. The summed E-state index contributed by atoms with van der Waals surface area (Å²) in [6.45, 7) is 5.57. The lowest BCUT2D eigenvalue weighted by molar-refractivity contribution is -0.140. The van der Waals surface area contributed by atoms with E-state index in [0.29, 0.717) is 6.54 Å². The van der Waals surface area contributed by atoms with Crippen LogP contribution in [0.4, 0.5) is 0 Å². The number of imide groups is 1. The van der Waals surface area contributed by atoms with Gasteiger partial charge in [-0.3, -0.25) is 14.5 Å². The van der Waals surface area contributed by atoms with Gasteiger partial charge in [-0.25, -0.2) is 0 Å². The molecule has 2 amide bonds. The van der Waals surface area contributed by atoms with Crippen LogP contribution >= 0.6 is 0 Å². The number of carbonyl (C=O) groups excluding carboxylic acids is 2. The zero-order chi connectivity index (χ0) is 14.2. The number of nitrogens with zero attached hydrogens (tertiary/aromatic N) is 2. The summed E-state index contributed by atoms with van der Waals surface area (Å²) >= 11 is 0. The van der Waals surface area contributed by atoms with E-state index in [0.717, 1.165) is 19.4 Å². The molecule has 0 spiro atoms. The summed E-state index contributed by atoms with van der Waals surface area (Å²) in [4.78, 5) is 28.4. The van der Waals surface area contributed by atoms with Crippen LogP contribution in [0.1, 0.15) is 26.7 Å². The maximum atomic E-state index is 12.4. The van der Waals surface area contributed by atoms with Gasteiger partial charge in [0.15, 0.2) is 0 Å². The third-order valence-corrected chi connectivity index (χ3v) is 4.21. The fraction of sp³-hybridized carbons (Fsp3) is 0.733. The molecule has 0 aromatic rings. The van der Waals surface area contributed by atoms with E-state index in [1.165, 1.54) is 10.5 Å². The van der Waals surface area contributed by atoms with E-state index in [1.54, 1.807) is 0 Å². The fourth-order valence-electron chi connectivity index (χ4n) is 3.35. The molecule has 0 bridgehead atoms. The lowest BCUT2D eigenvalue weighted by Crippen LogP contribution is -2.34. The number of hydrogen-bond acceptors (Lipinski definition) is 3. The topological polar surface area (TPSA) is 40.6 Å². The summed E-state index contributed by atoms with van der Waals surface area (Å²) in [7, 11) is 4.01. The molecule has 1 saturated heterocycles. The molecule has 4 heteroatoms. The van der Waals surface area contributed by atoms with Crippen molar-refractivity contribution in [1.29, 1.82) is 0 Å². The minimum Gasteiger partial charge on any atom is -0.309 e. The Labute approximate surface area is 115 Å². The Morgan fingerprint density at radius 3 is 2.63 bits per heavy atom. The second-order valence-electron chi connectivity index (χ2n) is 6.19. The van der Waals surface area contributed by atoms with Gasteiger partial charge in [-0.1, -0.05) is 18.6 Å². The molecule has 3 atom stereocenters. The Bertz CT molecular complexity index is 414. The first-order valence-electron chi connectivity index (χ1n) is 7.09. The molecule has 0 aromatic heterocycles. The summed E-state index contributed by atoms with van der Waals surface area (Å²) in [6, 6.07) is 0. The van der Waals surface area contributed by atoms with Crippen LogP contribution in [-0.2, 0) is 9.59 Å². The molecule has 2 rings (SSSR count). The molecule has 1 heterocycles. The van der Waals surface area contributed by atoms with Crippen molar-refractivity contribution < 1.29 is 9.59 Å². The highest BCUT2D eigenvalue weighted by Gasteiger charge is 2.50. The number of allylic oxidation sites excluding steroid dienone is 2. The quantitative estimate of drug-likeness (QED) is 0.571. The van der Waals surface area contributed by atoms with Crippen LogP contribution < -0.4 is 0 Å². The highest BCUT2D eigenvalue weighted by molar-refractivity contribution is 6.05. The minimum absolute atomic E-state index is 0.0463. The van der Waals surface area contributed by atoms with Crippen LogP contribution in [0, 0.1) is 17.8 Å². The maximum Gasteiger partial charge on any atom is 0.233 e. The third kappa shape index (κ3) is 2.73. The molecule has 0 N–H and O–H groups in total. The Balaban J connectivity index is 2.06. The highest BCUT2D eigenvalue weighted by atomic mass is 16.2. The van der Waals surface area contributed by atoms with E-state index < -0.39 is 0 Å². The summed E-state index contributed by atoms with van der Waals surface area (Å²) in [5.74, 6) is 0.0644. The zero-order valence-corrected chi connectivity index (χ0v) is 12.3. The van der Waals surface area contributed by atoms with E-state index in [4.69, 9.17) is 0 Å². The first-order valence-corrected chi connectivity index (χ1v) is 7.09. The van der Waals surface area contributed by atoms with Crippen LogP contribution in [-0.4, -0.2) is 48.8 Å². The van der Waals surface area contributed by atoms with Crippen LogP contribution in [0.25, 0.3) is 0 Å². The van der Waals surface area contributed by atoms with Crippen molar-refractivity contribution >= 4 is 11.8 Å². The summed E-state index contributed by atoms with van der Waals surface area (Å²) in [5.41, 5.74) is 1.24. The first-order chi connectivity index (χ1) is 8.91. The first kappa shape index (κ1) is 14.3. The predicted molar refractivity (Wildman–Crippen MR) is 74.4 cm³/mol. The Morgan fingerprint density at radius 2 is 2.00 bits per heavy atom. The lowest BCUT2D eigenvalue weighted by Gasteiger charge is -2.25. The summed E-state index contributed by atoms with van der Waals surface area (Å²) < 4.78 is 0. The van der Waals surface area contributed by atoms with Gasteiger partial charge in [0.1, 0.15) is 0 Å². The van der Waals surface area contributed by atoms with E-state index in [1.807, 2.05) is 14.1 Å². The molecule has 1 aliphatic carbocycles. The number of rotatable bonds is 4. The molecule has 0 unspecified atom stereocenters. The van der Waals surface area contributed by atoms with Gasteiger partial charge in [0.05, 0.1) is 11.8 Å². The monoisotopic (exact) mass is 264 g/mol. The van der Waals surface area contributed by atoms with E-state index in [2.05, 4.69) is 24.8 Å². The van der Waals surface area contributed by atoms with Crippen LogP contribution in [0.2, 0.25) is 0 Å². The molecule has 106 valence electrons. The lowest BCUT2D eigenvalue weighted by atomic mass is 9.76. The highest BCUT2D eigenvalue weighted by Crippen LogP contribution is 2.40. The molecule has 19 heavy (non-hydrogen) atoms. The van der Waals surface area contributed by atoms with Gasteiger partial charge in [-0.05, 0) is 46.3 Å². The average Bonchev–Trinajstić information content (AvgIpc) is 2.53. The molecule has 2 aliphatic rings. The predicted octanol–water partition coefficient (Wildman–Crippen LogP) is 1.53. The fourth-order valence-corrected chi connectivity index (χ4v) is 3.35. The molecule has 0 radical (unpaired) electrons. The van der Waals surface area contributed by atoms with Gasteiger partial charge >= 0.3 is 0 Å². The van der Waals surface area contributed by atoms with Crippen molar-refractivity contribution in [2.75, 3.05) is 27.2 Å². The number of fused-ring (bicyclic) bond motifs is 1. The van der Waals surface area contributed by atoms with Crippen molar-refractivity contribution in [2.24, 2.45) is 17.8 Å². The number of amides is 2. The zero-order valence-electron chi connectivity index (χ0n) is 12.3. The average molecular weight is 264 g/mol. The molecule has 0 saturated carbocycles. The number of hydrogen-bond donors (Lipinski definition) is 0. The molecular weight excluding hydrogens is 240 g/mol. The van der Waals surface area contributed by atoms with Gasteiger partial charge in [0.2, 0.25) is 11.8 Å². The Hall–Kier alpha value is -1.16. The molecule has 0 aromatic carbocycles. The van der Waals surface area contributed by atoms with Gasteiger partial charge in [0.25, 0.3) is 0 Å². The standard InChI is InChI=1S/C15H24N2O2/c1-10-8-11(2)13-12(9-10)14(18)17(15(13)19)7-5-6-16(3)4/h8,11-13H,5-7,9H2,1-4H3/t11-,12+,13-/m0/s1. The maximum absolute atomic E-state index is 12.4. The second-order valence-corrected chi connectivity index (χ2v) is 6.19. The molecule has 1 aliphatic heterocycles. The van der Waals surface area contributed by atoms with Crippen molar-refractivity contribution in [2.45, 2.75) is 26.7 Å². The third-order valence-electron chi connectivity index (χ3n) is 4.21. The number of carbonyl (C=O) groups is 2. The molecule has 1 fully saturated rings. The van der Waals surface area contributed by atoms with Gasteiger partial charge in [0, 0.05) is 6.54 Å². The van der Waals surface area contributed by atoms with Gasteiger partial charge < -0.3 is 4.90 Å². The summed E-state index contributed by atoms with van der Waals surface area (Å²) in [6.07, 6.45) is 3.75. The smallest absolute Gasteiger partial charge is 0.233 e. The van der Waals surface area contributed by atoms with Crippen molar-refractivity contribution in [3.8, 4) is 0 Å². The molecular formula is C15H24N2O2. The normalized spacial score (nSPS) is 30.9. The Morgan fingerprint density at radius 1 is 1.32 bits per heavy atom. The second kappa shape index (κ2) is 5.45. The summed E-state index contributed by atoms with van der Waals surface area (Å²) in [5, 5.41) is 0. The minimum atomic E-state index is -0.115. The van der Waals surface area contributed by atoms with Crippen molar-refractivity contribution in [3.05, 3.63) is 11.6 Å². The van der Waals surface area contributed by atoms with Crippen molar-refractivity contribution in [3.63, 3.8) is 0 Å². The van der Waals surface area contributed by atoms with Crippen LogP contribution in [0.3, 0.4) is 0 Å².